The van der Waals surface area contributed by atoms with E-state index in [-0.39, 0.29) is 19.0 Å². The van der Waals surface area contributed by atoms with Gasteiger partial charge in [0.15, 0.2) is 0 Å². The van der Waals surface area contributed by atoms with Crippen LogP contribution in [0.1, 0.15) is 18.4 Å². The van der Waals surface area contributed by atoms with E-state index < -0.39 is 17.8 Å². The Bertz CT molecular complexity index is 366. The maximum atomic E-state index is 12.4. The summed E-state index contributed by atoms with van der Waals surface area (Å²) in [5, 5.41) is 18.0. The molecule has 0 aliphatic carbocycles. The van der Waals surface area contributed by atoms with Gasteiger partial charge in [0.2, 0.25) is 0 Å². The average molecular weight is 264 g/mol. The number of hydrogen-bond donors (Lipinski definition) is 2. The molecule has 3 nitrogen and oxygen atoms in total. The smallest absolute Gasteiger partial charge is 0.416 e. The summed E-state index contributed by atoms with van der Waals surface area (Å²) in [5.41, 5.74) is -0.787. The lowest BCUT2D eigenvalue weighted by Crippen LogP contribution is -2.18. The van der Waals surface area contributed by atoms with Gasteiger partial charge in [-0.25, -0.2) is 0 Å². The molecule has 0 heterocycles. The van der Waals surface area contributed by atoms with Crippen molar-refractivity contribution in [3.63, 3.8) is 0 Å². The second-order valence-corrected chi connectivity index (χ2v) is 3.86. The van der Waals surface area contributed by atoms with Gasteiger partial charge < -0.3 is 14.9 Å². The normalized spacial score (nSPS) is 13.4. The molecule has 0 amide bonds. The third kappa shape index (κ3) is 4.93. The summed E-state index contributed by atoms with van der Waals surface area (Å²) in [6, 6.07) is 4.49. The Hall–Kier alpha value is -1.27. The number of alkyl halides is 3. The number of aliphatic hydroxyl groups excluding tert-OH is 2. The van der Waals surface area contributed by atoms with Crippen molar-refractivity contribution in [1.82, 2.24) is 0 Å². The first-order valence-electron chi connectivity index (χ1n) is 5.52. The van der Waals surface area contributed by atoms with Gasteiger partial charge in [-0.1, -0.05) is 6.07 Å². The summed E-state index contributed by atoms with van der Waals surface area (Å²) >= 11 is 0. The van der Waals surface area contributed by atoms with Crippen LogP contribution in [0, 0.1) is 0 Å². The van der Waals surface area contributed by atoms with E-state index in [0.717, 1.165) is 12.1 Å². The van der Waals surface area contributed by atoms with Crippen molar-refractivity contribution in [3.8, 4) is 5.75 Å². The molecule has 0 spiro atoms. The van der Waals surface area contributed by atoms with Gasteiger partial charge in [-0.05, 0) is 31.0 Å². The van der Waals surface area contributed by atoms with Gasteiger partial charge in [-0.2, -0.15) is 13.2 Å². The predicted octanol–water partition coefficient (Wildman–Crippen LogP) is 2.22. The van der Waals surface area contributed by atoms with Crippen LogP contribution in [0.2, 0.25) is 0 Å². The molecule has 0 fully saturated rings. The number of aliphatic hydroxyl groups is 2. The molecule has 0 unspecified atom stereocenters. The molecule has 0 aliphatic heterocycles. The molecule has 0 radical (unpaired) electrons. The second-order valence-electron chi connectivity index (χ2n) is 3.86. The van der Waals surface area contributed by atoms with Crippen molar-refractivity contribution in [2.24, 2.45) is 0 Å². The molecule has 0 aromatic heterocycles. The minimum atomic E-state index is -4.41. The monoisotopic (exact) mass is 264 g/mol. The van der Waals surface area contributed by atoms with Crippen molar-refractivity contribution in [2.45, 2.75) is 25.1 Å². The molecule has 1 aromatic rings. The molecular weight excluding hydrogens is 249 g/mol. The molecule has 2 N–H and O–H groups in total. The fraction of sp³-hybridized carbons (Fsp3) is 0.500. The van der Waals surface area contributed by atoms with Gasteiger partial charge in [0.05, 0.1) is 11.7 Å². The average Bonchev–Trinajstić information content (AvgIpc) is 2.33. The van der Waals surface area contributed by atoms with Gasteiger partial charge in [-0.3, -0.25) is 0 Å². The Morgan fingerprint density at radius 2 is 2.00 bits per heavy atom. The molecule has 1 aromatic carbocycles. The van der Waals surface area contributed by atoms with E-state index in [1.807, 2.05) is 0 Å². The summed E-state index contributed by atoms with van der Waals surface area (Å²) in [7, 11) is 0. The highest BCUT2D eigenvalue weighted by molar-refractivity contribution is 5.30. The van der Waals surface area contributed by atoms with Crippen LogP contribution in [-0.4, -0.2) is 29.5 Å². The maximum absolute atomic E-state index is 12.4. The van der Waals surface area contributed by atoms with Gasteiger partial charge in [0, 0.05) is 6.61 Å². The summed E-state index contributed by atoms with van der Waals surface area (Å²) in [6.07, 6.45) is -4.44. The number of benzene rings is 1. The van der Waals surface area contributed by atoms with Crippen molar-refractivity contribution < 1.29 is 28.1 Å². The van der Waals surface area contributed by atoms with Crippen LogP contribution in [0.25, 0.3) is 0 Å². The molecule has 6 heteroatoms. The Labute approximate surface area is 103 Å². The highest BCUT2D eigenvalue weighted by atomic mass is 19.4. The van der Waals surface area contributed by atoms with Crippen LogP contribution in [0.5, 0.6) is 5.75 Å². The van der Waals surface area contributed by atoms with Crippen molar-refractivity contribution in [3.05, 3.63) is 29.8 Å². The molecule has 0 saturated heterocycles. The van der Waals surface area contributed by atoms with Crippen LogP contribution in [0.3, 0.4) is 0 Å². The molecule has 1 atom stereocenters. The fourth-order valence-electron chi connectivity index (χ4n) is 1.36. The lowest BCUT2D eigenvalue weighted by molar-refractivity contribution is -0.137. The zero-order chi connectivity index (χ0) is 13.6. The number of rotatable bonds is 6. The number of ether oxygens (including phenoxy) is 1. The highest BCUT2D eigenvalue weighted by Crippen LogP contribution is 2.31. The summed E-state index contributed by atoms with van der Waals surface area (Å²) in [6.45, 7) is -0.137. The van der Waals surface area contributed by atoms with Gasteiger partial charge in [0.1, 0.15) is 12.4 Å². The molecule has 0 saturated carbocycles. The van der Waals surface area contributed by atoms with E-state index in [2.05, 4.69) is 0 Å². The first-order valence-corrected chi connectivity index (χ1v) is 5.52. The van der Waals surface area contributed by atoms with Crippen LogP contribution < -0.4 is 4.74 Å². The molecule has 0 aliphatic rings. The summed E-state index contributed by atoms with van der Waals surface area (Å²) < 4.78 is 42.3. The largest absolute Gasteiger partial charge is 0.491 e. The third-order valence-corrected chi connectivity index (χ3v) is 2.30. The van der Waals surface area contributed by atoms with Crippen molar-refractivity contribution in [2.75, 3.05) is 13.2 Å². The first kappa shape index (κ1) is 14.8. The Kier molecular flexibility index (Phi) is 5.43. The highest BCUT2D eigenvalue weighted by Gasteiger charge is 2.30. The topological polar surface area (TPSA) is 49.7 Å². The van der Waals surface area contributed by atoms with Crippen molar-refractivity contribution in [1.29, 1.82) is 0 Å². The molecule has 18 heavy (non-hydrogen) atoms. The quantitative estimate of drug-likeness (QED) is 0.828. The Morgan fingerprint density at radius 3 is 2.61 bits per heavy atom. The zero-order valence-corrected chi connectivity index (χ0v) is 9.65. The lowest BCUT2D eigenvalue weighted by atomic mass is 10.2. The lowest BCUT2D eigenvalue weighted by Gasteiger charge is -2.13. The third-order valence-electron chi connectivity index (χ3n) is 2.30. The minimum Gasteiger partial charge on any atom is -0.491 e. The van der Waals surface area contributed by atoms with E-state index in [9.17, 15) is 18.3 Å². The number of hydrogen-bond acceptors (Lipinski definition) is 3. The van der Waals surface area contributed by atoms with E-state index in [0.29, 0.717) is 12.8 Å². The van der Waals surface area contributed by atoms with E-state index >= 15 is 0 Å². The zero-order valence-electron chi connectivity index (χ0n) is 9.65. The molecular formula is C12H15F3O3. The standard InChI is InChI=1S/C12H15F3O3/c13-12(14,15)9-3-1-5-11(7-9)18-8-10(17)4-2-6-16/h1,3,5,7,10,16-17H,2,4,6,8H2/t10-/m1/s1. The van der Waals surface area contributed by atoms with Gasteiger partial charge in [0.25, 0.3) is 0 Å². The fourth-order valence-corrected chi connectivity index (χ4v) is 1.36. The van der Waals surface area contributed by atoms with Gasteiger partial charge in [-0.15, -0.1) is 0 Å². The van der Waals surface area contributed by atoms with E-state index in [4.69, 9.17) is 9.84 Å². The SMILES string of the molecule is OCCC[C@@H](O)COc1cccc(C(F)(F)F)c1. The molecule has 102 valence electrons. The Morgan fingerprint density at radius 1 is 1.28 bits per heavy atom. The minimum absolute atomic E-state index is 0.0411. The molecule has 1 rings (SSSR count). The van der Waals surface area contributed by atoms with Crippen LogP contribution in [0.15, 0.2) is 24.3 Å². The van der Waals surface area contributed by atoms with Crippen molar-refractivity contribution >= 4 is 0 Å². The van der Waals surface area contributed by atoms with Crippen LogP contribution in [0.4, 0.5) is 13.2 Å². The predicted molar refractivity (Wildman–Crippen MR) is 59.3 cm³/mol. The summed E-state index contributed by atoms with van der Waals surface area (Å²) in [4.78, 5) is 0. The molecule has 0 bridgehead atoms. The summed E-state index contributed by atoms with van der Waals surface area (Å²) in [5.74, 6) is 0.0628. The second kappa shape index (κ2) is 6.61. The van der Waals surface area contributed by atoms with Crippen LogP contribution >= 0.6 is 0 Å². The van der Waals surface area contributed by atoms with Crippen LogP contribution in [-0.2, 0) is 6.18 Å². The van der Waals surface area contributed by atoms with Gasteiger partial charge >= 0.3 is 6.18 Å². The number of halogens is 3. The maximum Gasteiger partial charge on any atom is 0.416 e. The van der Waals surface area contributed by atoms with E-state index in [1.54, 1.807) is 0 Å². The first-order chi connectivity index (χ1) is 8.43. The Balaban J connectivity index is 2.52. The van der Waals surface area contributed by atoms with E-state index in [1.165, 1.54) is 12.1 Å².